The van der Waals surface area contributed by atoms with E-state index in [0.29, 0.717) is 17.9 Å². The SMILES string of the molecule is Cc1nc([C@@H]2CC[C@H](CNC(=O)c3ccncc3C)O2)n[nH]1. The average Bonchev–Trinajstić information content (AvgIpc) is 3.14. The van der Waals surface area contributed by atoms with Crippen molar-refractivity contribution in [1.29, 1.82) is 0 Å². The van der Waals surface area contributed by atoms with Gasteiger partial charge in [-0.3, -0.25) is 14.9 Å². The number of aryl methyl sites for hydroxylation is 2. The zero-order chi connectivity index (χ0) is 15.5. The van der Waals surface area contributed by atoms with Crippen molar-refractivity contribution in [2.45, 2.75) is 38.9 Å². The number of rotatable bonds is 4. The van der Waals surface area contributed by atoms with Gasteiger partial charge in [-0.05, 0) is 38.3 Å². The number of aromatic nitrogens is 4. The Morgan fingerprint density at radius 2 is 2.32 bits per heavy atom. The molecule has 0 unspecified atom stereocenters. The number of hydrogen-bond donors (Lipinski definition) is 2. The molecule has 1 saturated heterocycles. The Kier molecular flexibility index (Phi) is 4.15. The number of nitrogens with zero attached hydrogens (tertiary/aromatic N) is 3. The van der Waals surface area contributed by atoms with Gasteiger partial charge in [0.2, 0.25) is 0 Å². The molecule has 1 aliphatic rings. The summed E-state index contributed by atoms with van der Waals surface area (Å²) in [7, 11) is 0. The van der Waals surface area contributed by atoms with Gasteiger partial charge in [-0.15, -0.1) is 0 Å². The summed E-state index contributed by atoms with van der Waals surface area (Å²) in [5.74, 6) is 1.38. The predicted octanol–water partition coefficient (Wildman–Crippen LogP) is 1.47. The van der Waals surface area contributed by atoms with Crippen molar-refractivity contribution in [2.75, 3.05) is 6.54 Å². The van der Waals surface area contributed by atoms with Crippen molar-refractivity contribution in [1.82, 2.24) is 25.5 Å². The van der Waals surface area contributed by atoms with E-state index in [1.165, 1.54) is 0 Å². The highest BCUT2D eigenvalue weighted by atomic mass is 16.5. The van der Waals surface area contributed by atoms with Crippen molar-refractivity contribution in [2.24, 2.45) is 0 Å². The number of carbonyl (C=O) groups is 1. The second kappa shape index (κ2) is 6.23. The summed E-state index contributed by atoms with van der Waals surface area (Å²) in [6.07, 6.45) is 4.96. The number of nitrogens with one attached hydrogen (secondary N) is 2. The maximum atomic E-state index is 12.2. The fraction of sp³-hybridized carbons (Fsp3) is 0.467. The third kappa shape index (κ3) is 3.14. The minimum atomic E-state index is -0.0966. The number of hydrogen-bond acceptors (Lipinski definition) is 5. The highest BCUT2D eigenvalue weighted by Crippen LogP contribution is 2.30. The zero-order valence-electron chi connectivity index (χ0n) is 12.7. The Hall–Kier alpha value is -2.28. The van der Waals surface area contributed by atoms with E-state index in [0.717, 1.165) is 24.2 Å². The fourth-order valence-corrected chi connectivity index (χ4v) is 2.58. The van der Waals surface area contributed by atoms with E-state index in [9.17, 15) is 4.79 Å². The highest BCUT2D eigenvalue weighted by molar-refractivity contribution is 5.95. The summed E-state index contributed by atoms with van der Waals surface area (Å²) in [5.41, 5.74) is 1.51. The van der Waals surface area contributed by atoms with E-state index >= 15 is 0 Å². The first-order chi connectivity index (χ1) is 10.6. The van der Waals surface area contributed by atoms with Crippen molar-refractivity contribution < 1.29 is 9.53 Å². The molecule has 3 rings (SSSR count). The molecule has 7 heteroatoms. The largest absolute Gasteiger partial charge is 0.365 e. The quantitative estimate of drug-likeness (QED) is 0.892. The van der Waals surface area contributed by atoms with E-state index in [4.69, 9.17) is 4.74 Å². The van der Waals surface area contributed by atoms with Crippen LogP contribution in [-0.4, -0.2) is 38.7 Å². The van der Waals surface area contributed by atoms with Gasteiger partial charge in [-0.25, -0.2) is 4.98 Å². The molecular formula is C15H19N5O2. The topological polar surface area (TPSA) is 92.8 Å². The number of carbonyl (C=O) groups excluding carboxylic acids is 1. The minimum absolute atomic E-state index is 0.00472. The van der Waals surface area contributed by atoms with E-state index in [-0.39, 0.29) is 18.1 Å². The van der Waals surface area contributed by atoms with Crippen molar-refractivity contribution in [3.05, 3.63) is 41.2 Å². The van der Waals surface area contributed by atoms with Crippen LogP contribution < -0.4 is 5.32 Å². The van der Waals surface area contributed by atoms with Gasteiger partial charge >= 0.3 is 0 Å². The molecule has 7 nitrogen and oxygen atoms in total. The van der Waals surface area contributed by atoms with Gasteiger partial charge in [-0.2, -0.15) is 5.10 Å². The molecule has 2 N–H and O–H groups in total. The Morgan fingerprint density at radius 1 is 1.45 bits per heavy atom. The van der Waals surface area contributed by atoms with Crippen LogP contribution in [0.25, 0.3) is 0 Å². The lowest BCUT2D eigenvalue weighted by Gasteiger charge is -2.13. The second-order valence-corrected chi connectivity index (χ2v) is 5.50. The first kappa shape index (κ1) is 14.6. The van der Waals surface area contributed by atoms with Gasteiger partial charge in [0.1, 0.15) is 11.9 Å². The van der Waals surface area contributed by atoms with Crippen LogP contribution in [0.4, 0.5) is 0 Å². The third-order valence-electron chi connectivity index (χ3n) is 3.77. The molecule has 0 spiro atoms. The maximum absolute atomic E-state index is 12.2. The van der Waals surface area contributed by atoms with E-state index in [1.807, 2.05) is 13.8 Å². The Morgan fingerprint density at radius 3 is 3.05 bits per heavy atom. The fourth-order valence-electron chi connectivity index (χ4n) is 2.58. The van der Waals surface area contributed by atoms with Crippen LogP contribution in [0.15, 0.2) is 18.5 Å². The lowest BCUT2D eigenvalue weighted by atomic mass is 10.1. The molecule has 0 saturated carbocycles. The number of aromatic amines is 1. The van der Waals surface area contributed by atoms with Crippen LogP contribution >= 0.6 is 0 Å². The predicted molar refractivity (Wildman–Crippen MR) is 79.3 cm³/mol. The highest BCUT2D eigenvalue weighted by Gasteiger charge is 2.29. The van der Waals surface area contributed by atoms with Crippen LogP contribution in [0, 0.1) is 13.8 Å². The zero-order valence-corrected chi connectivity index (χ0v) is 12.7. The van der Waals surface area contributed by atoms with Gasteiger partial charge in [0.15, 0.2) is 5.82 Å². The smallest absolute Gasteiger partial charge is 0.251 e. The molecule has 0 radical (unpaired) electrons. The summed E-state index contributed by atoms with van der Waals surface area (Å²) >= 11 is 0. The van der Waals surface area contributed by atoms with Gasteiger partial charge < -0.3 is 10.1 Å². The minimum Gasteiger partial charge on any atom is -0.365 e. The normalized spacial score (nSPS) is 21.0. The summed E-state index contributed by atoms with van der Waals surface area (Å²) in [6, 6.07) is 1.72. The van der Waals surface area contributed by atoms with Gasteiger partial charge in [-0.1, -0.05) is 0 Å². The van der Waals surface area contributed by atoms with Crippen molar-refractivity contribution in [3.63, 3.8) is 0 Å². The number of H-pyrrole nitrogens is 1. The maximum Gasteiger partial charge on any atom is 0.251 e. The Balaban J connectivity index is 1.53. The summed E-state index contributed by atoms with van der Waals surface area (Å²) < 4.78 is 5.91. The molecule has 2 aromatic heterocycles. The molecule has 1 fully saturated rings. The first-order valence-corrected chi connectivity index (χ1v) is 7.36. The molecule has 1 aliphatic heterocycles. The molecule has 0 aromatic carbocycles. The molecular weight excluding hydrogens is 282 g/mol. The standard InChI is InChI=1S/C15H19N5O2/c1-9-7-16-6-5-12(9)15(21)17-8-11-3-4-13(22-11)14-18-10(2)19-20-14/h5-7,11,13H,3-4,8H2,1-2H3,(H,17,21)(H,18,19,20)/t11-,13+/m1/s1. The lowest BCUT2D eigenvalue weighted by molar-refractivity contribution is 0.0392. The summed E-state index contributed by atoms with van der Waals surface area (Å²) in [4.78, 5) is 20.4. The molecule has 3 heterocycles. The van der Waals surface area contributed by atoms with Crippen LogP contribution in [0.1, 0.15) is 46.5 Å². The van der Waals surface area contributed by atoms with Gasteiger partial charge in [0.05, 0.1) is 6.10 Å². The van der Waals surface area contributed by atoms with E-state index in [2.05, 4.69) is 25.5 Å². The lowest BCUT2D eigenvalue weighted by Crippen LogP contribution is -2.32. The third-order valence-corrected chi connectivity index (χ3v) is 3.77. The van der Waals surface area contributed by atoms with Crippen LogP contribution in [0.3, 0.4) is 0 Å². The first-order valence-electron chi connectivity index (χ1n) is 7.36. The molecule has 1 amide bonds. The van der Waals surface area contributed by atoms with Crippen molar-refractivity contribution in [3.8, 4) is 0 Å². The monoisotopic (exact) mass is 301 g/mol. The van der Waals surface area contributed by atoms with Crippen LogP contribution in [0.5, 0.6) is 0 Å². The molecule has 116 valence electrons. The van der Waals surface area contributed by atoms with E-state index < -0.39 is 0 Å². The molecule has 0 aliphatic carbocycles. The molecule has 22 heavy (non-hydrogen) atoms. The van der Waals surface area contributed by atoms with E-state index in [1.54, 1.807) is 18.5 Å². The number of ether oxygens (including phenoxy) is 1. The molecule has 2 aromatic rings. The molecule has 2 atom stereocenters. The van der Waals surface area contributed by atoms with Crippen LogP contribution in [0.2, 0.25) is 0 Å². The number of pyridine rings is 1. The average molecular weight is 301 g/mol. The Labute approximate surface area is 128 Å². The molecule has 0 bridgehead atoms. The second-order valence-electron chi connectivity index (χ2n) is 5.50. The Bertz CT molecular complexity index is 669. The van der Waals surface area contributed by atoms with Gasteiger partial charge in [0.25, 0.3) is 5.91 Å². The van der Waals surface area contributed by atoms with Gasteiger partial charge in [0, 0.05) is 24.5 Å². The summed E-state index contributed by atoms with van der Waals surface area (Å²) in [5, 5.41) is 9.87. The number of amides is 1. The van der Waals surface area contributed by atoms with Crippen LogP contribution in [-0.2, 0) is 4.74 Å². The van der Waals surface area contributed by atoms with Crippen molar-refractivity contribution >= 4 is 5.91 Å². The summed E-state index contributed by atoms with van der Waals surface area (Å²) in [6.45, 7) is 4.22.